The lowest BCUT2D eigenvalue weighted by molar-refractivity contribution is -0.133. The summed E-state index contributed by atoms with van der Waals surface area (Å²) in [5.74, 6) is 0.444. The molecule has 35 heavy (non-hydrogen) atoms. The lowest BCUT2D eigenvalue weighted by atomic mass is 9.97. The van der Waals surface area contributed by atoms with E-state index in [0.29, 0.717) is 44.2 Å². The highest BCUT2D eigenvalue weighted by molar-refractivity contribution is 7.89. The molecule has 5 rings (SSSR count). The van der Waals surface area contributed by atoms with Gasteiger partial charge in [0.15, 0.2) is 11.5 Å². The van der Waals surface area contributed by atoms with Crippen molar-refractivity contribution in [1.82, 2.24) is 14.6 Å². The van der Waals surface area contributed by atoms with Gasteiger partial charge >= 0.3 is 0 Å². The third-order valence-electron chi connectivity index (χ3n) is 6.49. The van der Waals surface area contributed by atoms with E-state index in [2.05, 4.69) is 21.8 Å². The van der Waals surface area contributed by atoms with E-state index in [4.69, 9.17) is 9.47 Å². The molecule has 2 aromatic carbocycles. The van der Waals surface area contributed by atoms with Gasteiger partial charge in [0, 0.05) is 41.8 Å². The van der Waals surface area contributed by atoms with E-state index >= 15 is 0 Å². The molecule has 1 amide bonds. The normalized spacial score (nSPS) is 16.9. The van der Waals surface area contributed by atoms with E-state index in [1.54, 1.807) is 11.0 Å². The molecule has 0 saturated heterocycles. The maximum Gasteiger partial charge on any atom is 0.241 e. The van der Waals surface area contributed by atoms with Crippen molar-refractivity contribution in [2.45, 2.75) is 31.2 Å². The van der Waals surface area contributed by atoms with Crippen LogP contribution in [0.15, 0.2) is 59.6 Å². The molecule has 2 N–H and O–H groups in total. The van der Waals surface area contributed by atoms with Crippen molar-refractivity contribution in [2.75, 3.05) is 26.3 Å². The summed E-state index contributed by atoms with van der Waals surface area (Å²) in [6.07, 6.45) is 4.77. The predicted molar refractivity (Wildman–Crippen MR) is 134 cm³/mol. The Morgan fingerprint density at radius 2 is 1.86 bits per heavy atom. The summed E-state index contributed by atoms with van der Waals surface area (Å²) in [5.41, 5.74) is 3.41. The van der Waals surface area contributed by atoms with Crippen molar-refractivity contribution in [3.63, 3.8) is 0 Å². The maximum absolute atomic E-state index is 13.4. The van der Waals surface area contributed by atoms with Crippen molar-refractivity contribution < 1.29 is 22.7 Å². The number of benzene rings is 2. The van der Waals surface area contributed by atoms with Crippen LogP contribution >= 0.6 is 0 Å². The average Bonchev–Trinajstić information content (AvgIpc) is 3.31. The lowest BCUT2D eigenvalue weighted by Gasteiger charge is -2.32. The summed E-state index contributed by atoms with van der Waals surface area (Å²) in [4.78, 5) is 18.5. The Bertz CT molecular complexity index is 1390. The first-order valence-electron chi connectivity index (χ1n) is 11.8. The molecular formula is C26H29N3O5S. The number of aromatic amines is 1. The number of carbonyl (C=O) groups excluding carboxylic acids is 1. The van der Waals surface area contributed by atoms with Crippen LogP contribution in [0.5, 0.6) is 11.5 Å². The number of sulfonamides is 1. The van der Waals surface area contributed by atoms with Crippen molar-refractivity contribution in [3.8, 4) is 11.5 Å². The van der Waals surface area contributed by atoms with Gasteiger partial charge in [-0.2, -0.15) is 4.72 Å². The third-order valence-corrected chi connectivity index (χ3v) is 7.93. The van der Waals surface area contributed by atoms with Gasteiger partial charge in [0.05, 0.1) is 4.90 Å². The molecular weight excluding hydrogens is 466 g/mol. The first-order valence-corrected chi connectivity index (χ1v) is 13.3. The number of fused-ring (bicyclic) bond motifs is 2. The average molecular weight is 496 g/mol. The number of amides is 1. The van der Waals surface area contributed by atoms with E-state index < -0.39 is 16.1 Å². The Balaban J connectivity index is 1.32. The number of hydrogen-bond donors (Lipinski definition) is 2. The number of nitrogens with zero attached hydrogens (tertiary/aromatic N) is 1. The molecule has 184 valence electrons. The van der Waals surface area contributed by atoms with Crippen LogP contribution in [0.4, 0.5) is 0 Å². The number of aromatic nitrogens is 1. The minimum absolute atomic E-state index is 0.0420. The lowest BCUT2D eigenvalue weighted by Crippen LogP contribution is -2.52. The van der Waals surface area contributed by atoms with Gasteiger partial charge in [-0.15, -0.1) is 0 Å². The van der Waals surface area contributed by atoms with Gasteiger partial charge in [-0.25, -0.2) is 8.42 Å². The second-order valence-electron chi connectivity index (χ2n) is 9.16. The Morgan fingerprint density at radius 1 is 1.09 bits per heavy atom. The number of carbonyl (C=O) groups is 1. The second-order valence-corrected chi connectivity index (χ2v) is 10.9. The van der Waals surface area contributed by atoms with Gasteiger partial charge in [0.1, 0.15) is 19.3 Å². The monoisotopic (exact) mass is 495 g/mol. The fourth-order valence-electron chi connectivity index (χ4n) is 4.55. The molecule has 0 radical (unpaired) electrons. The highest BCUT2D eigenvalue weighted by atomic mass is 32.2. The van der Waals surface area contributed by atoms with E-state index in [9.17, 15) is 13.2 Å². The molecule has 0 unspecified atom stereocenters. The zero-order chi connectivity index (χ0) is 24.6. The summed E-state index contributed by atoms with van der Waals surface area (Å²) in [5, 5.41) is 1.16. The summed E-state index contributed by atoms with van der Waals surface area (Å²) in [6.45, 7) is 5.42. The molecule has 1 aromatic heterocycles. The predicted octanol–water partition coefficient (Wildman–Crippen LogP) is 3.56. The van der Waals surface area contributed by atoms with Crippen molar-refractivity contribution in [1.29, 1.82) is 0 Å². The van der Waals surface area contributed by atoms with Crippen LogP contribution in [0, 0.1) is 5.92 Å². The standard InChI is InChI=1S/C26H29N3O5S/c1-17(2)25(28-35(31,32)19-7-8-23-24(15-19)34-14-13-33-23)26(30)29-11-9-18(10-12-29)21-16-27-22-6-4-3-5-20(21)22/h3-9,15-17,25,27-28H,10-14H2,1-2H3/t25-/m0/s1. The molecule has 0 spiro atoms. The first kappa shape index (κ1) is 23.4. The molecule has 0 fully saturated rings. The first-order chi connectivity index (χ1) is 16.8. The van der Waals surface area contributed by atoms with Crippen LogP contribution < -0.4 is 14.2 Å². The maximum atomic E-state index is 13.4. The quantitative estimate of drug-likeness (QED) is 0.545. The van der Waals surface area contributed by atoms with Crippen molar-refractivity contribution in [2.24, 2.45) is 5.92 Å². The number of H-pyrrole nitrogens is 1. The fraction of sp³-hybridized carbons (Fsp3) is 0.346. The summed E-state index contributed by atoms with van der Waals surface area (Å²) < 4.78 is 40.0. The van der Waals surface area contributed by atoms with Gasteiger partial charge in [-0.05, 0) is 36.1 Å². The topological polar surface area (TPSA) is 101 Å². The minimum atomic E-state index is -3.94. The number of ether oxygens (including phenoxy) is 2. The van der Waals surface area contributed by atoms with Crippen LogP contribution in [0.2, 0.25) is 0 Å². The molecule has 8 nitrogen and oxygen atoms in total. The highest BCUT2D eigenvalue weighted by Gasteiger charge is 2.33. The molecule has 9 heteroatoms. The van der Waals surface area contributed by atoms with Crippen LogP contribution in [-0.4, -0.2) is 56.6 Å². The number of hydrogen-bond acceptors (Lipinski definition) is 5. The van der Waals surface area contributed by atoms with Crippen LogP contribution in [0.25, 0.3) is 16.5 Å². The van der Waals surface area contributed by atoms with E-state index in [1.165, 1.54) is 17.7 Å². The van der Waals surface area contributed by atoms with E-state index in [0.717, 1.165) is 16.5 Å². The zero-order valence-electron chi connectivity index (χ0n) is 19.8. The zero-order valence-corrected chi connectivity index (χ0v) is 20.6. The molecule has 0 bridgehead atoms. The van der Waals surface area contributed by atoms with Gasteiger partial charge in [-0.3, -0.25) is 4.79 Å². The Labute approximate surface area is 205 Å². The fourth-order valence-corrected chi connectivity index (χ4v) is 5.90. The largest absolute Gasteiger partial charge is 0.486 e. The van der Waals surface area contributed by atoms with Gasteiger partial charge in [-0.1, -0.05) is 38.1 Å². The summed E-state index contributed by atoms with van der Waals surface area (Å²) in [7, 11) is -3.94. The summed E-state index contributed by atoms with van der Waals surface area (Å²) in [6, 6.07) is 11.7. The van der Waals surface area contributed by atoms with Gasteiger partial charge in [0.2, 0.25) is 15.9 Å². The van der Waals surface area contributed by atoms with Gasteiger partial charge in [0.25, 0.3) is 0 Å². The van der Waals surface area contributed by atoms with Crippen LogP contribution in [-0.2, 0) is 14.8 Å². The van der Waals surface area contributed by atoms with E-state index in [1.807, 2.05) is 38.2 Å². The molecule has 3 aromatic rings. The second kappa shape index (κ2) is 9.39. The van der Waals surface area contributed by atoms with Gasteiger partial charge < -0.3 is 19.4 Å². The molecule has 0 saturated carbocycles. The molecule has 2 aliphatic rings. The van der Waals surface area contributed by atoms with E-state index in [-0.39, 0.29) is 16.7 Å². The Hall–Kier alpha value is -3.30. The third kappa shape index (κ3) is 4.66. The number of para-hydroxylation sites is 1. The number of nitrogens with one attached hydrogen (secondary N) is 2. The molecule has 3 heterocycles. The SMILES string of the molecule is CC(C)[C@H](NS(=O)(=O)c1ccc2c(c1)OCCO2)C(=O)N1CC=C(c2c[nH]c3ccccc23)CC1. The summed E-state index contributed by atoms with van der Waals surface area (Å²) >= 11 is 0. The van der Waals surface area contributed by atoms with Crippen molar-refractivity contribution >= 4 is 32.4 Å². The van der Waals surface area contributed by atoms with Crippen LogP contribution in [0.1, 0.15) is 25.8 Å². The molecule has 2 aliphatic heterocycles. The van der Waals surface area contributed by atoms with Crippen molar-refractivity contribution in [3.05, 3.63) is 60.3 Å². The van der Waals surface area contributed by atoms with Crippen LogP contribution in [0.3, 0.4) is 0 Å². The minimum Gasteiger partial charge on any atom is -0.486 e. The Kier molecular flexibility index (Phi) is 6.29. The number of rotatable bonds is 6. The molecule has 0 aliphatic carbocycles. The Morgan fingerprint density at radius 3 is 2.60 bits per heavy atom. The highest BCUT2D eigenvalue weighted by Crippen LogP contribution is 2.33. The smallest absolute Gasteiger partial charge is 0.241 e. The molecule has 1 atom stereocenters.